The summed E-state index contributed by atoms with van der Waals surface area (Å²) in [6.07, 6.45) is 0.109. The molecule has 0 aromatic carbocycles. The minimum atomic E-state index is -0.493. The van der Waals surface area contributed by atoms with E-state index in [2.05, 4.69) is 13.8 Å². The van der Waals surface area contributed by atoms with Crippen molar-refractivity contribution < 1.29 is 10.2 Å². The first kappa shape index (κ1) is 8.52. The smallest absolute Gasteiger partial charge is 0.0837 e. The molecule has 0 unspecified atom stereocenters. The van der Waals surface area contributed by atoms with Gasteiger partial charge in [0.2, 0.25) is 0 Å². The second-order valence-electron chi connectivity index (χ2n) is 5.15. The van der Waals surface area contributed by atoms with E-state index >= 15 is 0 Å². The van der Waals surface area contributed by atoms with Crippen LogP contribution in [-0.2, 0) is 0 Å². The molecule has 2 fully saturated rings. The SMILES string of the molecule is C[C@@H]1C[C@H]2[C@@H]([C@@H](O)[C@@H]1O)C2(C)C. The molecule has 2 N–H and O–H groups in total. The topological polar surface area (TPSA) is 40.5 Å². The maximum absolute atomic E-state index is 9.74. The second kappa shape index (κ2) is 2.24. The first-order valence-corrected chi connectivity index (χ1v) is 4.82. The van der Waals surface area contributed by atoms with Crippen LogP contribution in [0.1, 0.15) is 27.2 Å². The van der Waals surface area contributed by atoms with Crippen LogP contribution in [0.15, 0.2) is 0 Å². The molecule has 0 heterocycles. The largest absolute Gasteiger partial charge is 0.390 e. The Morgan fingerprint density at radius 3 is 2.33 bits per heavy atom. The molecule has 2 saturated carbocycles. The number of hydrogen-bond acceptors (Lipinski definition) is 2. The summed E-state index contributed by atoms with van der Waals surface area (Å²) in [6, 6.07) is 0. The van der Waals surface area contributed by atoms with Crippen LogP contribution in [0, 0.1) is 23.2 Å². The van der Waals surface area contributed by atoms with E-state index < -0.39 is 12.2 Å². The van der Waals surface area contributed by atoms with E-state index in [-0.39, 0.29) is 11.3 Å². The molecule has 0 radical (unpaired) electrons. The average molecular weight is 170 g/mol. The summed E-state index contributed by atoms with van der Waals surface area (Å²) in [6.45, 7) is 6.41. The van der Waals surface area contributed by atoms with Gasteiger partial charge in [0.25, 0.3) is 0 Å². The maximum Gasteiger partial charge on any atom is 0.0837 e. The van der Waals surface area contributed by atoms with Gasteiger partial charge in [-0.25, -0.2) is 0 Å². The van der Waals surface area contributed by atoms with Crippen molar-refractivity contribution in [2.24, 2.45) is 23.2 Å². The van der Waals surface area contributed by atoms with Crippen LogP contribution < -0.4 is 0 Å². The summed E-state index contributed by atoms with van der Waals surface area (Å²) in [5.74, 6) is 1.26. The lowest BCUT2D eigenvalue weighted by atomic mass is 9.86. The van der Waals surface area contributed by atoms with E-state index in [1.165, 1.54) is 0 Å². The molecular weight excluding hydrogens is 152 g/mol. The van der Waals surface area contributed by atoms with Gasteiger partial charge in [0.05, 0.1) is 12.2 Å². The van der Waals surface area contributed by atoms with E-state index in [1.54, 1.807) is 0 Å². The highest BCUT2D eigenvalue weighted by Gasteiger charge is 2.64. The minimum Gasteiger partial charge on any atom is -0.390 e. The van der Waals surface area contributed by atoms with Gasteiger partial charge >= 0.3 is 0 Å². The molecule has 2 aliphatic rings. The fraction of sp³-hybridized carbons (Fsp3) is 1.00. The molecule has 2 rings (SSSR count). The van der Waals surface area contributed by atoms with E-state index in [9.17, 15) is 10.2 Å². The van der Waals surface area contributed by atoms with Gasteiger partial charge in [0, 0.05) is 0 Å². The van der Waals surface area contributed by atoms with Crippen molar-refractivity contribution >= 4 is 0 Å². The van der Waals surface area contributed by atoms with Gasteiger partial charge < -0.3 is 10.2 Å². The molecule has 2 heteroatoms. The average Bonchev–Trinajstić information content (AvgIpc) is 2.49. The van der Waals surface area contributed by atoms with Gasteiger partial charge in [-0.2, -0.15) is 0 Å². The third kappa shape index (κ3) is 0.882. The lowest BCUT2D eigenvalue weighted by molar-refractivity contribution is -0.0484. The number of rotatable bonds is 0. The molecule has 2 nitrogen and oxygen atoms in total. The first-order chi connectivity index (χ1) is 5.46. The molecule has 12 heavy (non-hydrogen) atoms. The molecule has 70 valence electrons. The summed E-state index contributed by atoms with van der Waals surface area (Å²) in [5.41, 5.74) is 0.269. The number of fused-ring (bicyclic) bond motifs is 1. The third-order valence-corrected chi connectivity index (χ3v) is 4.07. The Balaban J connectivity index is 2.16. The number of hydrogen-bond donors (Lipinski definition) is 2. The van der Waals surface area contributed by atoms with Crippen LogP contribution in [0.25, 0.3) is 0 Å². The quantitative estimate of drug-likeness (QED) is 0.570. The summed E-state index contributed by atoms with van der Waals surface area (Å²) >= 11 is 0. The van der Waals surface area contributed by atoms with Crippen molar-refractivity contribution in [3.8, 4) is 0 Å². The molecule has 0 aromatic heterocycles. The van der Waals surface area contributed by atoms with E-state index in [0.717, 1.165) is 6.42 Å². The van der Waals surface area contributed by atoms with Crippen LogP contribution >= 0.6 is 0 Å². The van der Waals surface area contributed by atoms with Crippen molar-refractivity contribution in [2.75, 3.05) is 0 Å². The molecular formula is C10H18O2. The highest BCUT2D eigenvalue weighted by molar-refractivity contribution is 5.13. The Morgan fingerprint density at radius 1 is 1.17 bits per heavy atom. The number of aliphatic hydroxyl groups excluding tert-OH is 2. The summed E-state index contributed by atoms with van der Waals surface area (Å²) < 4.78 is 0. The normalized spacial score (nSPS) is 56.2. The molecule has 0 saturated heterocycles. The van der Waals surface area contributed by atoms with Crippen molar-refractivity contribution in [1.82, 2.24) is 0 Å². The van der Waals surface area contributed by atoms with Crippen LogP contribution in [-0.4, -0.2) is 22.4 Å². The van der Waals surface area contributed by atoms with Gasteiger partial charge in [-0.3, -0.25) is 0 Å². The van der Waals surface area contributed by atoms with Crippen LogP contribution in [0.5, 0.6) is 0 Å². The molecule has 5 atom stereocenters. The first-order valence-electron chi connectivity index (χ1n) is 4.82. The summed E-state index contributed by atoms with van der Waals surface area (Å²) in [5, 5.41) is 19.4. The molecule has 0 bridgehead atoms. The van der Waals surface area contributed by atoms with Crippen molar-refractivity contribution in [3.05, 3.63) is 0 Å². The highest BCUT2D eigenvalue weighted by atomic mass is 16.3. The standard InChI is InChI=1S/C10H18O2/c1-5-4-6-7(10(6,2)3)9(12)8(5)11/h5-9,11-12H,4H2,1-3H3/t5-,6+,7+,8-,9-/m1/s1. The monoisotopic (exact) mass is 170 g/mol. The molecule has 2 aliphatic carbocycles. The Labute approximate surface area is 73.6 Å². The predicted molar refractivity (Wildman–Crippen MR) is 46.6 cm³/mol. The lowest BCUT2D eigenvalue weighted by Crippen LogP contribution is -2.38. The van der Waals surface area contributed by atoms with E-state index in [4.69, 9.17) is 0 Å². The second-order valence-corrected chi connectivity index (χ2v) is 5.15. The highest BCUT2D eigenvalue weighted by Crippen LogP contribution is 2.65. The van der Waals surface area contributed by atoms with Crippen molar-refractivity contribution in [2.45, 2.75) is 39.4 Å². The Kier molecular flexibility index (Phi) is 1.59. The predicted octanol–water partition coefficient (Wildman–Crippen LogP) is 1.02. The molecule has 0 aromatic rings. The van der Waals surface area contributed by atoms with Crippen LogP contribution in [0.2, 0.25) is 0 Å². The van der Waals surface area contributed by atoms with Crippen LogP contribution in [0.3, 0.4) is 0 Å². The van der Waals surface area contributed by atoms with Crippen molar-refractivity contribution in [1.29, 1.82) is 0 Å². The van der Waals surface area contributed by atoms with Gasteiger partial charge in [-0.1, -0.05) is 20.8 Å². The van der Waals surface area contributed by atoms with E-state index in [1.807, 2.05) is 6.92 Å². The minimum absolute atomic E-state index is 0.267. The fourth-order valence-electron chi connectivity index (χ4n) is 3.00. The van der Waals surface area contributed by atoms with Gasteiger partial charge in [0.1, 0.15) is 0 Å². The van der Waals surface area contributed by atoms with Gasteiger partial charge in [-0.05, 0) is 29.6 Å². The summed E-state index contributed by atoms with van der Waals surface area (Å²) in [7, 11) is 0. The van der Waals surface area contributed by atoms with E-state index in [0.29, 0.717) is 11.8 Å². The Morgan fingerprint density at radius 2 is 1.75 bits per heavy atom. The molecule has 0 amide bonds. The maximum atomic E-state index is 9.74. The molecule has 0 aliphatic heterocycles. The fourth-order valence-corrected chi connectivity index (χ4v) is 3.00. The van der Waals surface area contributed by atoms with Crippen molar-refractivity contribution in [3.63, 3.8) is 0 Å². The van der Waals surface area contributed by atoms with Crippen LogP contribution in [0.4, 0.5) is 0 Å². The Bertz CT molecular complexity index is 200. The lowest BCUT2D eigenvalue weighted by Gasteiger charge is -2.28. The van der Waals surface area contributed by atoms with Gasteiger partial charge in [-0.15, -0.1) is 0 Å². The zero-order chi connectivity index (χ0) is 9.09. The van der Waals surface area contributed by atoms with Gasteiger partial charge in [0.15, 0.2) is 0 Å². The zero-order valence-electron chi connectivity index (χ0n) is 7.99. The number of aliphatic hydroxyl groups is 2. The Hall–Kier alpha value is -0.0800. The zero-order valence-corrected chi connectivity index (χ0v) is 7.99. The molecule has 0 spiro atoms. The summed E-state index contributed by atoms with van der Waals surface area (Å²) in [4.78, 5) is 0. The third-order valence-electron chi connectivity index (χ3n) is 4.07.